The van der Waals surface area contributed by atoms with Crippen LogP contribution in [-0.2, 0) is 4.74 Å². The molecule has 0 radical (unpaired) electrons. The molecule has 2 nitrogen and oxygen atoms in total. The minimum atomic E-state index is 0.401. The molecule has 0 aromatic rings. The van der Waals surface area contributed by atoms with E-state index < -0.39 is 0 Å². The van der Waals surface area contributed by atoms with Crippen molar-refractivity contribution in [3.8, 4) is 0 Å². The van der Waals surface area contributed by atoms with E-state index >= 15 is 0 Å². The minimum absolute atomic E-state index is 0.401. The lowest BCUT2D eigenvalue weighted by molar-refractivity contribution is 0.137. The molecule has 1 rings (SSSR count). The molecule has 2 heteroatoms. The van der Waals surface area contributed by atoms with Crippen molar-refractivity contribution in [2.24, 2.45) is 4.99 Å². The number of ether oxygens (including phenoxy) is 1. The van der Waals surface area contributed by atoms with Gasteiger partial charge in [0.05, 0.1) is 12.3 Å². The normalized spacial score (nSPS) is 19.1. The van der Waals surface area contributed by atoms with Crippen LogP contribution in [-0.4, -0.2) is 12.3 Å². The molecule has 1 aliphatic carbocycles. The van der Waals surface area contributed by atoms with Crippen molar-refractivity contribution in [3.63, 3.8) is 0 Å². The molecular weight excluding hydrogens is 174 g/mol. The highest BCUT2D eigenvalue weighted by Crippen LogP contribution is 2.22. The lowest BCUT2D eigenvalue weighted by Gasteiger charge is -2.12. The fraction of sp³-hybridized carbons (Fsp3) is 0.583. The zero-order valence-electron chi connectivity index (χ0n) is 9.12. The highest BCUT2D eigenvalue weighted by atomic mass is 16.5. The van der Waals surface area contributed by atoms with E-state index in [0.29, 0.717) is 6.10 Å². The van der Waals surface area contributed by atoms with Gasteiger partial charge in [0.25, 0.3) is 0 Å². The van der Waals surface area contributed by atoms with Gasteiger partial charge in [-0.15, -0.1) is 0 Å². The van der Waals surface area contributed by atoms with Crippen LogP contribution in [0.1, 0.15) is 39.5 Å². The summed E-state index contributed by atoms with van der Waals surface area (Å²) in [5.74, 6) is 0.861. The smallest absolute Gasteiger partial charge is 0.133 e. The van der Waals surface area contributed by atoms with E-state index in [1.807, 2.05) is 19.9 Å². The number of allylic oxidation sites excluding steroid dienone is 3. The molecule has 0 saturated heterocycles. The minimum Gasteiger partial charge on any atom is -0.489 e. The maximum absolute atomic E-state index is 5.78. The van der Waals surface area contributed by atoms with Gasteiger partial charge in [0.15, 0.2) is 0 Å². The van der Waals surface area contributed by atoms with Gasteiger partial charge in [0, 0.05) is 5.70 Å². The number of rotatable bonds is 4. The van der Waals surface area contributed by atoms with Crippen molar-refractivity contribution >= 4 is 6.21 Å². The van der Waals surface area contributed by atoms with Gasteiger partial charge in [-0.1, -0.05) is 6.58 Å². The van der Waals surface area contributed by atoms with E-state index in [9.17, 15) is 0 Å². The second-order valence-electron chi connectivity index (χ2n) is 3.71. The Kier molecular flexibility index (Phi) is 4.44. The highest BCUT2D eigenvalue weighted by molar-refractivity contribution is 5.76. The summed E-state index contributed by atoms with van der Waals surface area (Å²) < 4.78 is 5.78. The number of aliphatic imine (C=N–C) groups is 1. The molecule has 0 amide bonds. The summed E-state index contributed by atoms with van der Waals surface area (Å²) in [6, 6.07) is 0. The second-order valence-corrected chi connectivity index (χ2v) is 3.71. The summed E-state index contributed by atoms with van der Waals surface area (Å²) in [6.45, 7) is 7.55. The van der Waals surface area contributed by atoms with Crippen molar-refractivity contribution in [1.29, 1.82) is 0 Å². The van der Waals surface area contributed by atoms with E-state index in [0.717, 1.165) is 11.5 Å². The van der Waals surface area contributed by atoms with Crippen LogP contribution in [0.3, 0.4) is 0 Å². The van der Waals surface area contributed by atoms with Crippen LogP contribution >= 0.6 is 0 Å². The Morgan fingerprint density at radius 3 is 2.57 bits per heavy atom. The standard InChI is InChI=1S/C12H19NO/c1-4-11(9-13-10(2)3)14-12-7-5-6-8-12/h4,9,12H,2,5-8H2,1,3H3/b11-4+,13-9-. The van der Waals surface area contributed by atoms with Gasteiger partial charge in [-0.05, 0) is 45.6 Å². The van der Waals surface area contributed by atoms with Gasteiger partial charge in [-0.25, -0.2) is 0 Å². The van der Waals surface area contributed by atoms with Gasteiger partial charge in [0.1, 0.15) is 5.76 Å². The molecule has 0 aromatic carbocycles. The molecule has 0 N–H and O–H groups in total. The molecule has 0 atom stereocenters. The fourth-order valence-electron chi connectivity index (χ4n) is 1.55. The first kappa shape index (κ1) is 11.0. The molecule has 0 bridgehead atoms. The molecule has 1 aliphatic rings. The maximum Gasteiger partial charge on any atom is 0.133 e. The summed E-state index contributed by atoms with van der Waals surface area (Å²) in [6.07, 6.45) is 9.04. The van der Waals surface area contributed by atoms with E-state index in [4.69, 9.17) is 4.74 Å². The van der Waals surface area contributed by atoms with Crippen molar-refractivity contribution in [2.45, 2.75) is 45.6 Å². The zero-order chi connectivity index (χ0) is 10.4. The first-order valence-electron chi connectivity index (χ1n) is 5.25. The Morgan fingerprint density at radius 1 is 1.43 bits per heavy atom. The summed E-state index contributed by atoms with van der Waals surface area (Å²) in [5, 5.41) is 0. The van der Waals surface area contributed by atoms with E-state index in [2.05, 4.69) is 11.6 Å². The maximum atomic E-state index is 5.78. The van der Waals surface area contributed by atoms with Crippen molar-refractivity contribution < 1.29 is 4.74 Å². The molecule has 0 heterocycles. The average Bonchev–Trinajstić information content (AvgIpc) is 2.64. The Labute approximate surface area is 86.4 Å². The second kappa shape index (κ2) is 5.63. The zero-order valence-corrected chi connectivity index (χ0v) is 9.12. The van der Waals surface area contributed by atoms with Gasteiger partial charge in [-0.2, -0.15) is 0 Å². The largest absolute Gasteiger partial charge is 0.489 e. The van der Waals surface area contributed by atoms with Crippen LogP contribution in [0.5, 0.6) is 0 Å². The molecular formula is C12H19NO. The molecule has 0 aromatic heterocycles. The topological polar surface area (TPSA) is 21.6 Å². The van der Waals surface area contributed by atoms with E-state index in [-0.39, 0.29) is 0 Å². The molecule has 14 heavy (non-hydrogen) atoms. The third-order valence-corrected chi connectivity index (χ3v) is 2.30. The third kappa shape index (κ3) is 3.77. The molecule has 0 aliphatic heterocycles. The molecule has 78 valence electrons. The van der Waals surface area contributed by atoms with Crippen LogP contribution in [0.4, 0.5) is 0 Å². The van der Waals surface area contributed by atoms with E-state index in [1.54, 1.807) is 6.21 Å². The summed E-state index contributed by atoms with van der Waals surface area (Å²) in [5.41, 5.74) is 0.805. The highest BCUT2D eigenvalue weighted by Gasteiger charge is 2.16. The molecule has 0 unspecified atom stereocenters. The average molecular weight is 193 g/mol. The lowest BCUT2D eigenvalue weighted by Crippen LogP contribution is -2.07. The van der Waals surface area contributed by atoms with Crippen LogP contribution < -0.4 is 0 Å². The van der Waals surface area contributed by atoms with Gasteiger partial charge < -0.3 is 4.74 Å². The van der Waals surface area contributed by atoms with Crippen molar-refractivity contribution in [1.82, 2.24) is 0 Å². The summed E-state index contributed by atoms with van der Waals surface area (Å²) >= 11 is 0. The first-order chi connectivity index (χ1) is 6.72. The van der Waals surface area contributed by atoms with Crippen LogP contribution in [0.15, 0.2) is 29.1 Å². The van der Waals surface area contributed by atoms with Crippen LogP contribution in [0.25, 0.3) is 0 Å². The first-order valence-corrected chi connectivity index (χ1v) is 5.25. The monoisotopic (exact) mass is 193 g/mol. The Bertz CT molecular complexity index is 247. The quantitative estimate of drug-likeness (QED) is 0.495. The molecule has 1 fully saturated rings. The molecule has 0 spiro atoms. The van der Waals surface area contributed by atoms with Gasteiger partial charge in [0.2, 0.25) is 0 Å². The molecule has 1 saturated carbocycles. The van der Waals surface area contributed by atoms with E-state index in [1.165, 1.54) is 25.7 Å². The number of hydrogen-bond acceptors (Lipinski definition) is 2. The van der Waals surface area contributed by atoms with Crippen molar-refractivity contribution in [2.75, 3.05) is 0 Å². The third-order valence-electron chi connectivity index (χ3n) is 2.30. The van der Waals surface area contributed by atoms with Gasteiger partial charge in [-0.3, -0.25) is 4.99 Å². The number of hydrogen-bond donors (Lipinski definition) is 0. The summed E-state index contributed by atoms with van der Waals surface area (Å²) in [4.78, 5) is 4.13. The van der Waals surface area contributed by atoms with Crippen molar-refractivity contribution in [3.05, 3.63) is 24.1 Å². The SMILES string of the molecule is C=C(C)/N=C\C(=C/C)OC1CCCC1. The van der Waals surface area contributed by atoms with Crippen LogP contribution in [0, 0.1) is 0 Å². The Balaban J connectivity index is 2.42. The lowest BCUT2D eigenvalue weighted by atomic mass is 10.3. The van der Waals surface area contributed by atoms with Crippen LogP contribution in [0.2, 0.25) is 0 Å². The number of nitrogens with zero attached hydrogens (tertiary/aromatic N) is 1. The Hall–Kier alpha value is -1.05. The fourth-order valence-corrected chi connectivity index (χ4v) is 1.55. The summed E-state index contributed by atoms with van der Waals surface area (Å²) in [7, 11) is 0. The predicted molar refractivity (Wildman–Crippen MR) is 60.4 cm³/mol. The Morgan fingerprint density at radius 2 is 2.07 bits per heavy atom. The van der Waals surface area contributed by atoms with Gasteiger partial charge >= 0.3 is 0 Å². The predicted octanol–water partition coefficient (Wildman–Crippen LogP) is 3.45.